The Hall–Kier alpha value is -3.49. The molecule has 0 bridgehead atoms. The van der Waals surface area contributed by atoms with Crippen LogP contribution in [0.2, 0.25) is 0 Å². The standard InChI is InChI=1S/C24H21F3N4O2/c1-30-13-28-29-22(30)21(15-4-2-5-15)16-6-3-7-17(10-16)31-11-19-18(23(31)33)8-14(12-32)9-20(19)24(25,26)27/h3,6-10,12-13,15,21H,2,4-5,11H2,1H3. The minimum Gasteiger partial charge on any atom is -0.320 e. The van der Waals surface area contributed by atoms with Gasteiger partial charge in [-0.3, -0.25) is 9.59 Å². The number of alkyl halides is 3. The number of aromatic nitrogens is 3. The molecule has 1 amide bonds. The summed E-state index contributed by atoms with van der Waals surface area (Å²) in [5.74, 6) is 0.651. The monoisotopic (exact) mass is 454 g/mol. The summed E-state index contributed by atoms with van der Waals surface area (Å²) in [4.78, 5) is 25.7. The summed E-state index contributed by atoms with van der Waals surface area (Å²) in [6, 6.07) is 9.39. The minimum atomic E-state index is -4.66. The largest absolute Gasteiger partial charge is 0.416 e. The lowest BCUT2D eigenvalue weighted by Crippen LogP contribution is -2.25. The van der Waals surface area contributed by atoms with Crippen LogP contribution in [0.1, 0.15) is 68.4 Å². The molecule has 1 aliphatic carbocycles. The van der Waals surface area contributed by atoms with Gasteiger partial charge in [0.1, 0.15) is 18.4 Å². The number of carbonyl (C=O) groups excluding carboxylic acids is 2. The fraction of sp³-hybridized carbons (Fsp3) is 0.333. The molecule has 2 heterocycles. The van der Waals surface area contributed by atoms with Crippen LogP contribution in [-0.4, -0.2) is 27.0 Å². The van der Waals surface area contributed by atoms with E-state index in [9.17, 15) is 22.8 Å². The third-order valence-corrected chi connectivity index (χ3v) is 6.69. The fourth-order valence-corrected chi connectivity index (χ4v) is 4.83. The second kappa shape index (κ2) is 7.83. The zero-order valence-corrected chi connectivity index (χ0v) is 17.8. The summed E-state index contributed by atoms with van der Waals surface area (Å²) in [7, 11) is 1.88. The number of amides is 1. The molecule has 1 fully saturated rings. The molecule has 1 aromatic heterocycles. The lowest BCUT2D eigenvalue weighted by molar-refractivity contribution is -0.138. The van der Waals surface area contributed by atoms with Gasteiger partial charge in [0.2, 0.25) is 0 Å². The molecule has 5 rings (SSSR count). The van der Waals surface area contributed by atoms with Gasteiger partial charge in [0.05, 0.1) is 12.1 Å². The number of aldehydes is 1. The first-order valence-electron chi connectivity index (χ1n) is 10.7. The molecule has 0 N–H and O–H groups in total. The van der Waals surface area contributed by atoms with Crippen LogP contribution in [-0.2, 0) is 19.8 Å². The van der Waals surface area contributed by atoms with E-state index in [0.29, 0.717) is 17.9 Å². The highest BCUT2D eigenvalue weighted by atomic mass is 19.4. The molecule has 9 heteroatoms. The van der Waals surface area contributed by atoms with Crippen molar-refractivity contribution in [1.82, 2.24) is 14.8 Å². The average Bonchev–Trinajstić information content (AvgIpc) is 3.32. The van der Waals surface area contributed by atoms with Crippen molar-refractivity contribution in [3.05, 3.63) is 76.4 Å². The second-order valence-corrected chi connectivity index (χ2v) is 8.67. The van der Waals surface area contributed by atoms with Crippen LogP contribution in [0.5, 0.6) is 0 Å². The van der Waals surface area contributed by atoms with E-state index >= 15 is 0 Å². The van der Waals surface area contributed by atoms with Crippen molar-refractivity contribution in [3.63, 3.8) is 0 Å². The predicted octanol–water partition coefficient (Wildman–Crippen LogP) is 4.74. The molecule has 33 heavy (non-hydrogen) atoms. The summed E-state index contributed by atoms with van der Waals surface area (Å²) >= 11 is 0. The highest BCUT2D eigenvalue weighted by Gasteiger charge is 2.41. The molecule has 6 nitrogen and oxygen atoms in total. The number of nitrogens with zero attached hydrogens (tertiary/aromatic N) is 4. The molecule has 0 radical (unpaired) electrons. The van der Waals surface area contributed by atoms with Gasteiger partial charge in [-0.2, -0.15) is 13.2 Å². The Morgan fingerprint density at radius 2 is 1.97 bits per heavy atom. The minimum absolute atomic E-state index is 0.0151. The van der Waals surface area contributed by atoms with Gasteiger partial charge in [0.15, 0.2) is 0 Å². The normalized spacial score (nSPS) is 17.1. The summed E-state index contributed by atoms with van der Waals surface area (Å²) < 4.78 is 42.8. The van der Waals surface area contributed by atoms with E-state index in [-0.39, 0.29) is 29.2 Å². The summed E-state index contributed by atoms with van der Waals surface area (Å²) in [6.07, 6.45) is 0.559. The lowest BCUT2D eigenvalue weighted by Gasteiger charge is -2.33. The van der Waals surface area contributed by atoms with Crippen molar-refractivity contribution in [3.8, 4) is 0 Å². The molecule has 170 valence electrons. The Bertz CT molecular complexity index is 1250. The number of hydrogen-bond donors (Lipinski definition) is 0. The van der Waals surface area contributed by atoms with Crippen LogP contribution in [0.4, 0.5) is 18.9 Å². The molecule has 2 aliphatic rings. The van der Waals surface area contributed by atoms with Crippen molar-refractivity contribution in [2.75, 3.05) is 4.90 Å². The molecule has 2 aromatic carbocycles. The Kier molecular flexibility index (Phi) is 5.07. The van der Waals surface area contributed by atoms with Gasteiger partial charge in [0, 0.05) is 29.8 Å². The number of benzene rings is 2. The summed E-state index contributed by atoms with van der Waals surface area (Å²) in [6.45, 7) is -0.205. The number of fused-ring (bicyclic) bond motifs is 1. The number of aryl methyl sites for hydroxylation is 1. The van der Waals surface area contributed by atoms with Crippen LogP contribution in [0.25, 0.3) is 0 Å². The zero-order valence-electron chi connectivity index (χ0n) is 17.8. The van der Waals surface area contributed by atoms with Gasteiger partial charge >= 0.3 is 6.18 Å². The number of halogens is 3. The van der Waals surface area contributed by atoms with Crippen LogP contribution in [0, 0.1) is 5.92 Å². The quantitative estimate of drug-likeness (QED) is 0.523. The molecule has 1 aliphatic heterocycles. The van der Waals surface area contributed by atoms with Crippen LogP contribution in [0.3, 0.4) is 0 Å². The topological polar surface area (TPSA) is 68.1 Å². The van der Waals surface area contributed by atoms with Crippen molar-refractivity contribution in [1.29, 1.82) is 0 Å². The third kappa shape index (κ3) is 3.61. The first kappa shape index (κ1) is 21.4. The van der Waals surface area contributed by atoms with E-state index in [0.717, 1.165) is 36.7 Å². The van der Waals surface area contributed by atoms with Crippen molar-refractivity contribution in [2.24, 2.45) is 13.0 Å². The van der Waals surface area contributed by atoms with Gasteiger partial charge in [-0.1, -0.05) is 18.6 Å². The van der Waals surface area contributed by atoms with E-state index in [1.165, 1.54) is 11.0 Å². The highest BCUT2D eigenvalue weighted by Crippen LogP contribution is 2.44. The second-order valence-electron chi connectivity index (χ2n) is 8.67. The number of carbonyl (C=O) groups is 2. The molecule has 1 atom stereocenters. The Balaban J connectivity index is 1.54. The molecule has 0 spiro atoms. The van der Waals surface area contributed by atoms with E-state index in [1.54, 1.807) is 12.4 Å². The molecular formula is C24H21F3N4O2. The number of hydrogen-bond acceptors (Lipinski definition) is 4. The highest BCUT2D eigenvalue weighted by molar-refractivity contribution is 6.11. The molecular weight excluding hydrogens is 433 g/mol. The SMILES string of the molecule is Cn1cnnc1C(c1cccc(N2Cc3c(cc(C=O)cc3C(F)(F)F)C2=O)c1)C1CCC1. The van der Waals surface area contributed by atoms with E-state index < -0.39 is 17.6 Å². The first-order valence-corrected chi connectivity index (χ1v) is 10.7. The van der Waals surface area contributed by atoms with Crippen molar-refractivity contribution in [2.45, 2.75) is 37.9 Å². The Morgan fingerprint density at radius 1 is 1.18 bits per heavy atom. The van der Waals surface area contributed by atoms with Crippen molar-refractivity contribution >= 4 is 17.9 Å². The van der Waals surface area contributed by atoms with Gasteiger partial charge in [-0.15, -0.1) is 10.2 Å². The molecule has 0 saturated heterocycles. The van der Waals surface area contributed by atoms with Gasteiger partial charge < -0.3 is 9.47 Å². The lowest BCUT2D eigenvalue weighted by atomic mass is 9.72. The molecule has 1 saturated carbocycles. The maximum absolute atomic E-state index is 13.7. The maximum Gasteiger partial charge on any atom is 0.416 e. The van der Waals surface area contributed by atoms with Crippen LogP contribution in [0.15, 0.2) is 42.7 Å². The van der Waals surface area contributed by atoms with Crippen LogP contribution >= 0.6 is 0 Å². The maximum atomic E-state index is 13.7. The predicted molar refractivity (Wildman–Crippen MR) is 114 cm³/mol. The number of rotatable bonds is 5. The fourth-order valence-electron chi connectivity index (χ4n) is 4.83. The van der Waals surface area contributed by atoms with Crippen molar-refractivity contribution < 1.29 is 22.8 Å². The Morgan fingerprint density at radius 3 is 2.58 bits per heavy atom. The molecule has 3 aromatic rings. The first-order chi connectivity index (χ1) is 15.8. The van der Waals surface area contributed by atoms with E-state index in [1.807, 2.05) is 29.8 Å². The summed E-state index contributed by atoms with van der Waals surface area (Å²) in [5.41, 5.74) is 0.161. The summed E-state index contributed by atoms with van der Waals surface area (Å²) in [5, 5.41) is 8.31. The third-order valence-electron chi connectivity index (χ3n) is 6.69. The smallest absolute Gasteiger partial charge is 0.320 e. The zero-order chi connectivity index (χ0) is 23.3. The van der Waals surface area contributed by atoms with Gasteiger partial charge in [-0.25, -0.2) is 0 Å². The van der Waals surface area contributed by atoms with Crippen LogP contribution < -0.4 is 4.90 Å². The average molecular weight is 454 g/mol. The number of anilines is 1. The van der Waals surface area contributed by atoms with Gasteiger partial charge in [-0.05, 0) is 54.2 Å². The molecule has 1 unspecified atom stereocenters. The van der Waals surface area contributed by atoms with Gasteiger partial charge in [0.25, 0.3) is 5.91 Å². The Labute approximate surface area is 188 Å². The van der Waals surface area contributed by atoms with E-state index in [4.69, 9.17) is 0 Å². The van der Waals surface area contributed by atoms with E-state index in [2.05, 4.69) is 10.2 Å².